The van der Waals surface area contributed by atoms with Crippen LogP contribution in [0.1, 0.15) is 342 Å². The van der Waals surface area contributed by atoms with Crippen molar-refractivity contribution >= 4 is 17.9 Å². The molecule has 6 heteroatoms. The molecule has 0 aliphatic heterocycles. The molecule has 0 aromatic rings. The Hall–Kier alpha value is -3.41. The zero-order chi connectivity index (χ0) is 57.1. The van der Waals surface area contributed by atoms with Crippen molar-refractivity contribution in [2.24, 2.45) is 0 Å². The van der Waals surface area contributed by atoms with Crippen molar-refractivity contribution in [3.8, 4) is 0 Å². The predicted octanol–water partition coefficient (Wildman–Crippen LogP) is 23.4. The monoisotopic (exact) mass is 1100 g/mol. The minimum Gasteiger partial charge on any atom is -0.462 e. The second kappa shape index (κ2) is 67.1. The molecule has 0 radical (unpaired) electrons. The maximum absolute atomic E-state index is 13.0. The molecule has 0 heterocycles. The molecule has 0 aliphatic carbocycles. The molecule has 0 aromatic carbocycles. The number of esters is 3. The van der Waals surface area contributed by atoms with Crippen LogP contribution in [0.5, 0.6) is 0 Å². The smallest absolute Gasteiger partial charge is 0.306 e. The highest BCUT2D eigenvalue weighted by molar-refractivity contribution is 5.71. The number of unbranched alkanes of at least 4 members (excludes halogenated alkanes) is 37. The summed E-state index contributed by atoms with van der Waals surface area (Å²) in [5.74, 6) is -0.883. The molecule has 0 aromatic heterocycles. The maximum Gasteiger partial charge on any atom is 0.306 e. The predicted molar refractivity (Wildman–Crippen MR) is 344 cm³/mol. The van der Waals surface area contributed by atoms with Gasteiger partial charge in [0.05, 0.1) is 0 Å². The molecule has 0 bridgehead atoms. The lowest BCUT2D eigenvalue weighted by molar-refractivity contribution is -0.167. The first-order valence-corrected chi connectivity index (χ1v) is 34.1. The highest BCUT2D eigenvalue weighted by atomic mass is 16.6. The number of ether oxygens (including phenoxy) is 3. The van der Waals surface area contributed by atoms with Gasteiger partial charge in [0.2, 0.25) is 0 Å². The standard InChI is InChI=1S/C73H128O6/c1-4-7-10-13-16-19-22-25-28-31-34-36-39-42-45-48-51-54-57-60-63-66-72(75)78-69-70(68-77-71(74)65-62-59-56-53-50-47-44-41-38-33-30-27-24-21-18-15-12-9-6-3)79-73(76)67-64-61-58-55-52-49-46-43-40-37-35-32-29-26-23-20-17-14-11-8-5-2/h7,10,16,18-19,21,25,27-28,30,34,36,38,41,70H,4-6,8-9,11-15,17,20,22-24,26,29,31-33,35,37,39-40,42-69H2,1-3H3/b10-7-,19-16-,21-18-,28-25-,30-27-,36-34-,41-38-. The highest BCUT2D eigenvalue weighted by Crippen LogP contribution is 2.17. The van der Waals surface area contributed by atoms with Crippen LogP contribution in [0.15, 0.2) is 85.1 Å². The van der Waals surface area contributed by atoms with E-state index in [0.29, 0.717) is 19.3 Å². The molecular weight excluding hydrogens is 973 g/mol. The molecular formula is C73H128O6. The van der Waals surface area contributed by atoms with Crippen molar-refractivity contribution in [3.63, 3.8) is 0 Å². The Kier molecular flexibility index (Phi) is 64.2. The Morgan fingerprint density at radius 1 is 0.266 bits per heavy atom. The highest BCUT2D eigenvalue weighted by Gasteiger charge is 2.19. The summed E-state index contributed by atoms with van der Waals surface area (Å²) in [6.07, 6.45) is 88.7. The second-order valence-electron chi connectivity index (χ2n) is 22.7. The third-order valence-electron chi connectivity index (χ3n) is 14.9. The van der Waals surface area contributed by atoms with Crippen molar-refractivity contribution in [3.05, 3.63) is 85.1 Å². The first kappa shape index (κ1) is 75.6. The molecule has 0 saturated carbocycles. The van der Waals surface area contributed by atoms with Gasteiger partial charge in [-0.15, -0.1) is 0 Å². The normalized spacial score (nSPS) is 12.6. The molecule has 0 saturated heterocycles. The van der Waals surface area contributed by atoms with Crippen LogP contribution >= 0.6 is 0 Å². The number of hydrogen-bond acceptors (Lipinski definition) is 6. The Balaban J connectivity index is 4.39. The summed E-state index contributed by atoms with van der Waals surface area (Å²) in [5.41, 5.74) is 0. The van der Waals surface area contributed by atoms with Gasteiger partial charge in [-0.3, -0.25) is 14.4 Å². The van der Waals surface area contributed by atoms with Gasteiger partial charge in [0, 0.05) is 19.3 Å². The lowest BCUT2D eigenvalue weighted by atomic mass is 10.0. The van der Waals surface area contributed by atoms with Crippen LogP contribution in [0.4, 0.5) is 0 Å². The van der Waals surface area contributed by atoms with Gasteiger partial charge >= 0.3 is 17.9 Å². The third kappa shape index (κ3) is 65.3. The van der Waals surface area contributed by atoms with Crippen molar-refractivity contribution in [1.29, 1.82) is 0 Å². The molecule has 79 heavy (non-hydrogen) atoms. The summed E-state index contributed by atoms with van der Waals surface area (Å²) in [6.45, 7) is 6.53. The van der Waals surface area contributed by atoms with Gasteiger partial charge in [0.15, 0.2) is 6.10 Å². The topological polar surface area (TPSA) is 78.9 Å². The summed E-state index contributed by atoms with van der Waals surface area (Å²) < 4.78 is 17.0. The van der Waals surface area contributed by atoms with E-state index in [-0.39, 0.29) is 31.1 Å². The minimum atomic E-state index is -0.787. The Labute approximate surface area is 490 Å². The largest absolute Gasteiger partial charge is 0.462 e. The van der Waals surface area contributed by atoms with Crippen LogP contribution in [0, 0.1) is 0 Å². The summed E-state index contributed by atoms with van der Waals surface area (Å²) in [6, 6.07) is 0. The van der Waals surface area contributed by atoms with Gasteiger partial charge in [0.25, 0.3) is 0 Å². The Morgan fingerprint density at radius 3 is 0.797 bits per heavy atom. The first-order chi connectivity index (χ1) is 39.0. The SMILES string of the molecule is CC/C=C\C/C=C\C/C=C\C/C=C\CCCCCCCCCCC(=O)OCC(COC(=O)CCCCCCCC/C=C\C/C=C\C/C=C\CCCCC)OC(=O)CCCCCCCCCCCCCCCCCCCCCCC. The van der Waals surface area contributed by atoms with E-state index in [1.807, 2.05) is 0 Å². The van der Waals surface area contributed by atoms with E-state index in [1.54, 1.807) is 0 Å². The number of carbonyl (C=O) groups is 3. The molecule has 0 N–H and O–H groups in total. The fourth-order valence-corrected chi connectivity index (χ4v) is 9.80. The molecule has 0 aliphatic rings. The molecule has 456 valence electrons. The van der Waals surface area contributed by atoms with Gasteiger partial charge in [-0.05, 0) is 96.3 Å². The van der Waals surface area contributed by atoms with E-state index in [9.17, 15) is 14.4 Å². The van der Waals surface area contributed by atoms with E-state index in [1.165, 1.54) is 193 Å². The van der Waals surface area contributed by atoms with Crippen LogP contribution < -0.4 is 0 Å². The van der Waals surface area contributed by atoms with Crippen molar-refractivity contribution in [1.82, 2.24) is 0 Å². The van der Waals surface area contributed by atoms with Crippen LogP contribution in [-0.2, 0) is 28.6 Å². The van der Waals surface area contributed by atoms with E-state index >= 15 is 0 Å². The fourth-order valence-electron chi connectivity index (χ4n) is 9.80. The zero-order valence-electron chi connectivity index (χ0n) is 52.4. The Morgan fingerprint density at radius 2 is 0.494 bits per heavy atom. The Bertz CT molecular complexity index is 1500. The van der Waals surface area contributed by atoms with Crippen molar-refractivity contribution < 1.29 is 28.6 Å². The average Bonchev–Trinajstić information content (AvgIpc) is 3.45. The van der Waals surface area contributed by atoms with Crippen LogP contribution in [0.2, 0.25) is 0 Å². The summed E-state index contributed by atoms with van der Waals surface area (Å²) in [4.78, 5) is 38.5. The van der Waals surface area contributed by atoms with Gasteiger partial charge in [-0.2, -0.15) is 0 Å². The maximum atomic E-state index is 13.0. The molecule has 1 atom stereocenters. The molecule has 1 unspecified atom stereocenters. The summed E-state index contributed by atoms with van der Waals surface area (Å²) in [7, 11) is 0. The lowest BCUT2D eigenvalue weighted by Gasteiger charge is -2.18. The van der Waals surface area contributed by atoms with Crippen LogP contribution in [0.25, 0.3) is 0 Å². The second-order valence-corrected chi connectivity index (χ2v) is 22.7. The van der Waals surface area contributed by atoms with Gasteiger partial charge in [-0.1, -0.05) is 311 Å². The molecule has 0 rings (SSSR count). The molecule has 0 spiro atoms. The summed E-state index contributed by atoms with van der Waals surface area (Å²) >= 11 is 0. The third-order valence-corrected chi connectivity index (χ3v) is 14.9. The average molecular weight is 1100 g/mol. The fraction of sp³-hybridized carbons (Fsp3) is 0.767. The summed E-state index contributed by atoms with van der Waals surface area (Å²) in [5, 5.41) is 0. The molecule has 6 nitrogen and oxygen atoms in total. The van der Waals surface area contributed by atoms with Crippen LogP contribution in [-0.4, -0.2) is 37.2 Å². The minimum absolute atomic E-state index is 0.0825. The first-order valence-electron chi connectivity index (χ1n) is 34.1. The van der Waals surface area contributed by atoms with Gasteiger partial charge < -0.3 is 14.2 Å². The quantitative estimate of drug-likeness (QED) is 0.0261. The van der Waals surface area contributed by atoms with E-state index in [2.05, 4.69) is 106 Å². The van der Waals surface area contributed by atoms with Crippen molar-refractivity contribution in [2.45, 2.75) is 348 Å². The number of hydrogen-bond donors (Lipinski definition) is 0. The van der Waals surface area contributed by atoms with E-state index in [4.69, 9.17) is 14.2 Å². The molecule has 0 amide bonds. The van der Waals surface area contributed by atoms with Gasteiger partial charge in [-0.25, -0.2) is 0 Å². The zero-order valence-corrected chi connectivity index (χ0v) is 52.4. The molecule has 0 fully saturated rings. The van der Waals surface area contributed by atoms with Crippen LogP contribution in [0.3, 0.4) is 0 Å². The lowest BCUT2D eigenvalue weighted by Crippen LogP contribution is -2.30. The van der Waals surface area contributed by atoms with Gasteiger partial charge in [0.1, 0.15) is 13.2 Å². The number of rotatable bonds is 62. The van der Waals surface area contributed by atoms with Crippen molar-refractivity contribution in [2.75, 3.05) is 13.2 Å². The number of allylic oxidation sites excluding steroid dienone is 14. The van der Waals surface area contributed by atoms with E-state index < -0.39 is 6.10 Å². The number of carbonyl (C=O) groups excluding carboxylic acids is 3. The van der Waals surface area contributed by atoms with E-state index in [0.717, 1.165) is 109 Å².